The lowest BCUT2D eigenvalue weighted by atomic mass is 9.89. The molecular formula is C15H26ClN3O2. The number of carbonyl (C=O) groups excluding carboxylic acids is 1. The molecule has 0 aromatic carbocycles. The lowest BCUT2D eigenvalue weighted by molar-refractivity contribution is 0.147. The number of amides is 2. The van der Waals surface area contributed by atoms with Crippen LogP contribution in [0.2, 0.25) is 5.02 Å². The molecule has 1 heterocycles. The van der Waals surface area contributed by atoms with Crippen molar-refractivity contribution in [2.75, 3.05) is 20.2 Å². The summed E-state index contributed by atoms with van der Waals surface area (Å²) in [6.45, 7) is 5.31. The van der Waals surface area contributed by atoms with Gasteiger partial charge in [-0.1, -0.05) is 25.4 Å². The molecule has 0 fully saturated rings. The summed E-state index contributed by atoms with van der Waals surface area (Å²) in [5.41, 5.74) is 0.898. The summed E-state index contributed by atoms with van der Waals surface area (Å²) in [5, 5.41) is 12.7. The van der Waals surface area contributed by atoms with E-state index in [1.54, 1.807) is 11.9 Å². The Morgan fingerprint density at radius 2 is 2.19 bits per heavy atom. The number of hydrogen-bond acceptors (Lipinski definition) is 2. The fourth-order valence-corrected chi connectivity index (χ4v) is 2.29. The van der Waals surface area contributed by atoms with Crippen molar-refractivity contribution >= 4 is 17.6 Å². The molecule has 0 saturated carbocycles. The molecule has 2 N–H and O–H groups in total. The quantitative estimate of drug-likeness (QED) is 0.760. The molecule has 0 aliphatic carbocycles. The van der Waals surface area contributed by atoms with Gasteiger partial charge in [-0.05, 0) is 24.3 Å². The zero-order valence-electron chi connectivity index (χ0n) is 13.3. The predicted octanol–water partition coefficient (Wildman–Crippen LogP) is 2.62. The number of aromatic nitrogens is 1. The van der Waals surface area contributed by atoms with Gasteiger partial charge in [0.25, 0.3) is 0 Å². The van der Waals surface area contributed by atoms with Gasteiger partial charge < -0.3 is 19.9 Å². The molecule has 0 spiro atoms. The highest BCUT2D eigenvalue weighted by atomic mass is 35.5. The maximum Gasteiger partial charge on any atom is 0.317 e. The van der Waals surface area contributed by atoms with E-state index in [0.717, 1.165) is 18.5 Å². The fraction of sp³-hybridized carbons (Fsp3) is 0.667. The molecule has 0 unspecified atom stereocenters. The first kappa shape index (κ1) is 17.9. The van der Waals surface area contributed by atoms with Gasteiger partial charge in [0.15, 0.2) is 0 Å². The molecule has 0 atom stereocenters. The minimum absolute atomic E-state index is 0.0869. The van der Waals surface area contributed by atoms with E-state index in [-0.39, 0.29) is 18.1 Å². The Bertz CT molecular complexity index is 471. The smallest absolute Gasteiger partial charge is 0.317 e. The van der Waals surface area contributed by atoms with Crippen molar-refractivity contribution in [2.45, 2.75) is 33.2 Å². The van der Waals surface area contributed by atoms with Crippen LogP contribution in [0.1, 0.15) is 32.4 Å². The second-order valence-corrected chi connectivity index (χ2v) is 6.71. The standard InChI is InChI=1S/C15H26ClN3O2/c1-15(2,11-20)6-5-7-17-14(21)19(4)10-13-8-12(16)9-18(13)3/h8-9,20H,5-7,10-11H2,1-4H3,(H,17,21). The summed E-state index contributed by atoms with van der Waals surface area (Å²) in [6.07, 6.45) is 3.55. The van der Waals surface area contributed by atoms with Gasteiger partial charge in [0.2, 0.25) is 0 Å². The first-order valence-electron chi connectivity index (χ1n) is 7.16. The number of rotatable bonds is 7. The summed E-state index contributed by atoms with van der Waals surface area (Å²) < 4.78 is 1.91. The molecular weight excluding hydrogens is 290 g/mol. The van der Waals surface area contributed by atoms with Crippen LogP contribution in [0, 0.1) is 5.41 Å². The predicted molar refractivity (Wildman–Crippen MR) is 85.4 cm³/mol. The number of aliphatic hydroxyl groups is 1. The Morgan fingerprint density at radius 3 is 2.71 bits per heavy atom. The van der Waals surface area contributed by atoms with Crippen LogP contribution in [0.15, 0.2) is 12.3 Å². The van der Waals surface area contributed by atoms with Gasteiger partial charge in [-0.2, -0.15) is 0 Å². The number of carbonyl (C=O) groups is 1. The minimum atomic E-state index is -0.103. The first-order chi connectivity index (χ1) is 9.75. The third-order valence-corrected chi connectivity index (χ3v) is 3.76. The third kappa shape index (κ3) is 5.98. The van der Waals surface area contributed by atoms with E-state index in [1.807, 2.05) is 37.7 Å². The van der Waals surface area contributed by atoms with E-state index in [9.17, 15) is 9.90 Å². The average Bonchev–Trinajstić information content (AvgIpc) is 2.72. The molecule has 6 heteroatoms. The summed E-state index contributed by atoms with van der Waals surface area (Å²) >= 11 is 5.93. The topological polar surface area (TPSA) is 57.5 Å². The number of aryl methyl sites for hydroxylation is 1. The lowest BCUT2D eigenvalue weighted by Crippen LogP contribution is -2.37. The van der Waals surface area contributed by atoms with Crippen LogP contribution in [-0.2, 0) is 13.6 Å². The van der Waals surface area contributed by atoms with Crippen LogP contribution in [0.4, 0.5) is 4.79 Å². The van der Waals surface area contributed by atoms with Crippen LogP contribution < -0.4 is 5.32 Å². The molecule has 0 saturated heterocycles. The number of halogens is 1. The number of hydrogen-bond donors (Lipinski definition) is 2. The van der Waals surface area contributed by atoms with E-state index < -0.39 is 0 Å². The molecule has 5 nitrogen and oxygen atoms in total. The third-order valence-electron chi connectivity index (χ3n) is 3.55. The van der Waals surface area contributed by atoms with Gasteiger partial charge in [0.05, 0.1) is 11.6 Å². The summed E-state index contributed by atoms with van der Waals surface area (Å²) in [7, 11) is 3.66. The molecule has 0 bridgehead atoms. The van der Waals surface area contributed by atoms with Gasteiger partial charge in [-0.25, -0.2) is 4.79 Å². The number of nitrogens with one attached hydrogen (secondary N) is 1. The number of urea groups is 1. The number of nitrogens with zero attached hydrogens (tertiary/aromatic N) is 2. The largest absolute Gasteiger partial charge is 0.396 e. The van der Waals surface area contributed by atoms with E-state index in [0.29, 0.717) is 18.1 Å². The molecule has 1 rings (SSSR count). The molecule has 0 aliphatic rings. The fourth-order valence-electron chi connectivity index (χ4n) is 2.01. The van der Waals surface area contributed by atoms with Gasteiger partial charge in [-0.15, -0.1) is 0 Å². The molecule has 21 heavy (non-hydrogen) atoms. The second-order valence-electron chi connectivity index (χ2n) is 6.27. The van der Waals surface area contributed by atoms with Crippen molar-refractivity contribution in [2.24, 2.45) is 12.5 Å². The van der Waals surface area contributed by atoms with E-state index >= 15 is 0 Å². The highest BCUT2D eigenvalue weighted by Gasteiger charge is 2.16. The average molecular weight is 316 g/mol. The lowest BCUT2D eigenvalue weighted by Gasteiger charge is -2.22. The van der Waals surface area contributed by atoms with Crippen molar-refractivity contribution in [1.29, 1.82) is 0 Å². The van der Waals surface area contributed by atoms with Crippen LogP contribution in [-0.4, -0.2) is 40.8 Å². The highest BCUT2D eigenvalue weighted by Crippen LogP contribution is 2.20. The van der Waals surface area contributed by atoms with E-state index in [2.05, 4.69) is 5.32 Å². The van der Waals surface area contributed by atoms with Crippen LogP contribution >= 0.6 is 11.6 Å². The van der Waals surface area contributed by atoms with Crippen molar-refractivity contribution in [1.82, 2.24) is 14.8 Å². The van der Waals surface area contributed by atoms with Crippen LogP contribution in [0.3, 0.4) is 0 Å². The first-order valence-corrected chi connectivity index (χ1v) is 7.53. The number of aliphatic hydroxyl groups excluding tert-OH is 1. The second kappa shape index (κ2) is 7.71. The monoisotopic (exact) mass is 315 g/mol. The molecule has 120 valence electrons. The van der Waals surface area contributed by atoms with Gasteiger partial charge >= 0.3 is 6.03 Å². The van der Waals surface area contributed by atoms with Crippen molar-refractivity contribution in [3.8, 4) is 0 Å². The Labute approximate surface area is 131 Å². The molecule has 1 aromatic rings. The summed E-state index contributed by atoms with van der Waals surface area (Å²) in [4.78, 5) is 13.6. The van der Waals surface area contributed by atoms with Gasteiger partial charge in [0, 0.05) is 39.1 Å². The Hall–Kier alpha value is -1.20. The van der Waals surface area contributed by atoms with Gasteiger partial charge in [0.1, 0.15) is 0 Å². The van der Waals surface area contributed by atoms with Gasteiger partial charge in [-0.3, -0.25) is 0 Å². The zero-order valence-corrected chi connectivity index (χ0v) is 14.1. The zero-order chi connectivity index (χ0) is 16.0. The molecule has 1 aromatic heterocycles. The van der Waals surface area contributed by atoms with Crippen molar-refractivity contribution in [3.63, 3.8) is 0 Å². The summed E-state index contributed by atoms with van der Waals surface area (Å²) in [5.74, 6) is 0. The summed E-state index contributed by atoms with van der Waals surface area (Å²) in [6, 6.07) is 1.75. The van der Waals surface area contributed by atoms with Crippen LogP contribution in [0.5, 0.6) is 0 Å². The SMILES string of the molecule is CN(Cc1cc(Cl)cn1C)C(=O)NCCCC(C)(C)CO. The maximum absolute atomic E-state index is 12.0. The normalized spacial score (nSPS) is 11.5. The molecule has 0 radical (unpaired) electrons. The van der Waals surface area contributed by atoms with Crippen molar-refractivity contribution in [3.05, 3.63) is 23.0 Å². The molecule has 0 aliphatic heterocycles. The Balaban J connectivity index is 2.33. The van der Waals surface area contributed by atoms with E-state index in [4.69, 9.17) is 11.6 Å². The van der Waals surface area contributed by atoms with E-state index in [1.165, 1.54) is 0 Å². The van der Waals surface area contributed by atoms with Crippen LogP contribution in [0.25, 0.3) is 0 Å². The minimum Gasteiger partial charge on any atom is -0.396 e. The Morgan fingerprint density at radius 1 is 1.52 bits per heavy atom. The molecule has 2 amide bonds. The maximum atomic E-state index is 12.0. The highest BCUT2D eigenvalue weighted by molar-refractivity contribution is 6.30. The Kier molecular flexibility index (Phi) is 6.55. The van der Waals surface area contributed by atoms with Crippen molar-refractivity contribution < 1.29 is 9.90 Å².